The fourth-order valence-electron chi connectivity index (χ4n) is 2.10. The van der Waals surface area contributed by atoms with E-state index in [1.807, 2.05) is 26.0 Å². The summed E-state index contributed by atoms with van der Waals surface area (Å²) in [6.07, 6.45) is 0.885. The molecular weight excluding hydrogens is 265 g/mol. The number of anilines is 1. The van der Waals surface area contributed by atoms with Gasteiger partial charge in [0.05, 0.1) is 5.66 Å². The summed E-state index contributed by atoms with van der Waals surface area (Å²) >= 11 is 5.99. The fourth-order valence-corrected chi connectivity index (χ4v) is 3.69. The number of hydrogen-bond acceptors (Lipinski definition) is 1. The van der Waals surface area contributed by atoms with Gasteiger partial charge in [0.1, 0.15) is 0 Å². The van der Waals surface area contributed by atoms with Crippen LogP contribution in [0, 0.1) is 13.8 Å². The molecule has 0 fully saturated rings. The highest BCUT2D eigenvalue weighted by Crippen LogP contribution is 2.35. The highest BCUT2D eigenvalue weighted by Gasteiger charge is 2.20. The molecule has 1 amide bonds. The van der Waals surface area contributed by atoms with Gasteiger partial charge in [-0.2, -0.15) is 0 Å². The minimum atomic E-state index is -0.263. The van der Waals surface area contributed by atoms with Gasteiger partial charge in [-0.15, -0.1) is 7.92 Å². The Morgan fingerprint density at radius 1 is 1.33 bits per heavy atom. The second-order valence-corrected chi connectivity index (χ2v) is 7.78. The van der Waals surface area contributed by atoms with Crippen molar-refractivity contribution in [3.63, 3.8) is 0 Å². The second kappa shape index (κ2) is 6.54. The van der Waals surface area contributed by atoms with Crippen LogP contribution in [0.2, 0.25) is 5.02 Å². The van der Waals surface area contributed by atoms with Crippen molar-refractivity contribution in [2.45, 2.75) is 32.9 Å². The topological polar surface area (TPSA) is 29.1 Å². The van der Waals surface area contributed by atoms with Crippen LogP contribution in [0.1, 0.15) is 24.5 Å². The molecule has 0 aromatic heterocycles. The largest absolute Gasteiger partial charge is 0.325 e. The average molecular weight is 286 g/mol. The average Bonchev–Trinajstić information content (AvgIpc) is 2.23. The third kappa shape index (κ3) is 3.70. The molecule has 1 rings (SSSR count). The first-order valence-electron chi connectivity index (χ1n) is 6.10. The summed E-state index contributed by atoms with van der Waals surface area (Å²) in [6.45, 7) is 10.3. The lowest BCUT2D eigenvalue weighted by atomic mass is 10.1. The molecule has 0 saturated heterocycles. The van der Waals surface area contributed by atoms with E-state index in [-0.39, 0.29) is 19.5 Å². The smallest absolute Gasteiger partial charge is 0.231 e. The third-order valence-corrected chi connectivity index (χ3v) is 5.12. The van der Waals surface area contributed by atoms with Gasteiger partial charge in [-0.1, -0.05) is 18.5 Å². The molecule has 0 aliphatic heterocycles. The maximum atomic E-state index is 12.2. The van der Waals surface area contributed by atoms with Gasteiger partial charge in [0, 0.05) is 10.7 Å². The molecule has 0 saturated carbocycles. The molecule has 1 N–H and O–H groups in total. The minimum Gasteiger partial charge on any atom is -0.325 e. The lowest BCUT2D eigenvalue weighted by Gasteiger charge is -2.20. The molecule has 0 aliphatic carbocycles. The van der Waals surface area contributed by atoms with Crippen molar-refractivity contribution in [2.24, 2.45) is 0 Å². The summed E-state index contributed by atoms with van der Waals surface area (Å²) in [5.74, 6) is 0.127. The van der Waals surface area contributed by atoms with Crippen LogP contribution in [0.15, 0.2) is 12.1 Å². The molecule has 0 spiro atoms. The molecule has 0 heterocycles. The zero-order valence-corrected chi connectivity index (χ0v) is 13.3. The molecule has 1 aromatic rings. The van der Waals surface area contributed by atoms with E-state index in [1.54, 1.807) is 0 Å². The Bertz CT molecular complexity index is 422. The van der Waals surface area contributed by atoms with Crippen LogP contribution in [0.25, 0.3) is 0 Å². The number of hydrogen-bond donors (Lipinski definition) is 1. The van der Waals surface area contributed by atoms with E-state index in [9.17, 15) is 4.79 Å². The quantitative estimate of drug-likeness (QED) is 0.816. The van der Waals surface area contributed by atoms with Gasteiger partial charge >= 0.3 is 0 Å². The number of benzene rings is 1. The first-order valence-corrected chi connectivity index (χ1v) is 8.79. The van der Waals surface area contributed by atoms with Gasteiger partial charge in [0.15, 0.2) is 0 Å². The Morgan fingerprint density at radius 2 is 1.83 bits per heavy atom. The van der Waals surface area contributed by atoms with Gasteiger partial charge in [0.2, 0.25) is 5.91 Å². The number of carbonyl (C=O) groups is 1. The molecule has 1 atom stereocenters. The maximum Gasteiger partial charge on any atom is 0.231 e. The van der Waals surface area contributed by atoms with E-state index in [4.69, 9.17) is 11.6 Å². The molecule has 0 bridgehead atoms. The Labute approximate surface area is 116 Å². The number of nitrogens with one attached hydrogen (secondary N) is 1. The predicted octanol–water partition coefficient (Wildman–Crippen LogP) is 4.42. The molecule has 0 aliphatic rings. The molecule has 18 heavy (non-hydrogen) atoms. The van der Waals surface area contributed by atoms with Crippen molar-refractivity contribution in [3.05, 3.63) is 28.3 Å². The van der Waals surface area contributed by atoms with Gasteiger partial charge in [-0.25, -0.2) is 0 Å². The molecule has 2 nitrogen and oxygen atoms in total. The van der Waals surface area contributed by atoms with E-state index >= 15 is 0 Å². The van der Waals surface area contributed by atoms with E-state index in [0.29, 0.717) is 5.02 Å². The Hall–Kier alpha value is -0.590. The van der Waals surface area contributed by atoms with Crippen molar-refractivity contribution in [1.29, 1.82) is 0 Å². The standard InChI is InChI=1S/C14H21ClNOP/c1-6-12(18(4)5)14(17)16-13-9(2)7-11(15)8-10(13)3/h7-8,12H,6H2,1-5H3,(H,16,17). The monoisotopic (exact) mass is 285 g/mol. The fraction of sp³-hybridized carbons (Fsp3) is 0.500. The zero-order chi connectivity index (χ0) is 13.9. The van der Waals surface area contributed by atoms with E-state index in [0.717, 1.165) is 23.2 Å². The van der Waals surface area contributed by atoms with E-state index in [2.05, 4.69) is 25.6 Å². The minimum absolute atomic E-state index is 0.120. The highest BCUT2D eigenvalue weighted by molar-refractivity contribution is 7.57. The van der Waals surface area contributed by atoms with Crippen LogP contribution in [-0.2, 0) is 4.79 Å². The first-order chi connectivity index (χ1) is 8.36. The van der Waals surface area contributed by atoms with Crippen LogP contribution in [-0.4, -0.2) is 24.9 Å². The molecule has 1 aromatic carbocycles. The lowest BCUT2D eigenvalue weighted by Crippen LogP contribution is -2.26. The highest BCUT2D eigenvalue weighted by atomic mass is 35.5. The molecule has 100 valence electrons. The van der Waals surface area contributed by atoms with Gasteiger partial charge in [-0.05, 0) is 56.9 Å². The van der Waals surface area contributed by atoms with Gasteiger partial charge in [-0.3, -0.25) is 4.79 Å². The lowest BCUT2D eigenvalue weighted by molar-refractivity contribution is -0.115. The zero-order valence-electron chi connectivity index (χ0n) is 11.7. The van der Waals surface area contributed by atoms with E-state index < -0.39 is 0 Å². The molecule has 1 unspecified atom stereocenters. The summed E-state index contributed by atoms with van der Waals surface area (Å²) in [5, 5.41) is 3.77. The number of halogens is 1. The predicted molar refractivity (Wildman–Crippen MR) is 82.4 cm³/mol. The maximum absolute atomic E-state index is 12.2. The molecule has 0 radical (unpaired) electrons. The van der Waals surface area contributed by atoms with Crippen LogP contribution in [0.4, 0.5) is 5.69 Å². The summed E-state index contributed by atoms with van der Waals surface area (Å²) in [6, 6.07) is 3.76. The SMILES string of the molecule is CCC(C(=O)Nc1c(C)cc(Cl)cc1C)P(C)C. The number of rotatable bonds is 4. The molecular formula is C14H21ClNOP. The van der Waals surface area contributed by atoms with Gasteiger partial charge in [0.25, 0.3) is 0 Å². The Morgan fingerprint density at radius 3 is 2.22 bits per heavy atom. The number of amides is 1. The van der Waals surface area contributed by atoms with Crippen LogP contribution in [0.5, 0.6) is 0 Å². The van der Waals surface area contributed by atoms with Crippen molar-refractivity contribution in [3.8, 4) is 0 Å². The first kappa shape index (κ1) is 15.5. The summed E-state index contributed by atoms with van der Waals surface area (Å²) < 4.78 is 0. The Kier molecular flexibility index (Phi) is 5.62. The summed E-state index contributed by atoms with van der Waals surface area (Å²) in [5.41, 5.74) is 3.05. The summed E-state index contributed by atoms with van der Waals surface area (Å²) in [4.78, 5) is 12.2. The van der Waals surface area contributed by atoms with Crippen molar-refractivity contribution < 1.29 is 4.79 Å². The van der Waals surface area contributed by atoms with E-state index in [1.165, 1.54) is 0 Å². The number of carbonyl (C=O) groups excluding carboxylic acids is 1. The Balaban J connectivity index is 2.95. The van der Waals surface area contributed by atoms with Crippen molar-refractivity contribution in [1.82, 2.24) is 0 Å². The third-order valence-electron chi connectivity index (χ3n) is 3.06. The van der Waals surface area contributed by atoms with Crippen LogP contribution in [0.3, 0.4) is 0 Å². The van der Waals surface area contributed by atoms with Gasteiger partial charge < -0.3 is 5.32 Å². The van der Waals surface area contributed by atoms with Crippen LogP contribution < -0.4 is 5.32 Å². The second-order valence-electron chi connectivity index (χ2n) is 4.79. The number of aryl methyl sites for hydroxylation is 2. The van der Waals surface area contributed by atoms with Crippen LogP contribution >= 0.6 is 19.5 Å². The summed E-state index contributed by atoms with van der Waals surface area (Å²) in [7, 11) is -0.263. The van der Waals surface area contributed by atoms with Crippen molar-refractivity contribution in [2.75, 3.05) is 18.6 Å². The normalized spacial score (nSPS) is 12.6. The van der Waals surface area contributed by atoms with Crippen molar-refractivity contribution >= 4 is 31.1 Å². The molecule has 4 heteroatoms.